The van der Waals surface area contributed by atoms with Gasteiger partial charge >= 0.3 is 0 Å². The molecule has 1 heterocycles. The predicted molar refractivity (Wildman–Crippen MR) is 79.0 cm³/mol. The summed E-state index contributed by atoms with van der Waals surface area (Å²) in [5.74, 6) is 6.84. The number of nitrogens with one attached hydrogen (secondary N) is 2. The van der Waals surface area contributed by atoms with Crippen LogP contribution in [0.2, 0.25) is 0 Å². The molecule has 116 valence electrons. The Labute approximate surface area is 125 Å². The van der Waals surface area contributed by atoms with E-state index in [1.165, 1.54) is 4.90 Å². The van der Waals surface area contributed by atoms with Crippen molar-refractivity contribution in [2.45, 2.75) is 19.4 Å². The second-order valence-corrected chi connectivity index (χ2v) is 5.41. The third-order valence-corrected chi connectivity index (χ3v) is 4.06. The Bertz CT molecular complexity index is 493. The highest BCUT2D eigenvalue weighted by atomic mass is 16.5. The summed E-state index contributed by atoms with van der Waals surface area (Å²) in [5, 5.41) is 0. The Morgan fingerprint density at radius 1 is 1.43 bits per heavy atom. The number of hydrazine groups is 1. The van der Waals surface area contributed by atoms with Crippen molar-refractivity contribution in [2.75, 3.05) is 27.3 Å². The molecule has 0 spiro atoms. The molecule has 1 unspecified atom stereocenters. The number of piperidine rings is 1. The maximum absolute atomic E-state index is 11.7. The minimum atomic E-state index is -0.0650. The summed E-state index contributed by atoms with van der Waals surface area (Å²) < 4.78 is 10.7. The van der Waals surface area contributed by atoms with Crippen molar-refractivity contribution in [1.29, 1.82) is 0 Å². The number of carbonyl (C=O) groups is 1. The van der Waals surface area contributed by atoms with Crippen LogP contribution in [0.1, 0.15) is 18.4 Å². The number of quaternary nitrogens is 1. The number of nitrogens with two attached hydrogens (primary N) is 1. The first-order chi connectivity index (χ1) is 10.2. The van der Waals surface area contributed by atoms with Crippen molar-refractivity contribution in [2.24, 2.45) is 11.8 Å². The molecule has 6 nitrogen and oxygen atoms in total. The number of methoxy groups -OCH3 is 2. The largest absolute Gasteiger partial charge is 0.497 e. The van der Waals surface area contributed by atoms with Gasteiger partial charge in [0.1, 0.15) is 18.0 Å². The number of rotatable bonds is 5. The lowest BCUT2D eigenvalue weighted by Crippen LogP contribution is -3.12. The summed E-state index contributed by atoms with van der Waals surface area (Å²) in [6, 6.07) is 5.80. The van der Waals surface area contributed by atoms with Crippen LogP contribution in [0.3, 0.4) is 0 Å². The van der Waals surface area contributed by atoms with Crippen molar-refractivity contribution >= 4 is 5.91 Å². The summed E-state index contributed by atoms with van der Waals surface area (Å²) in [6.07, 6.45) is 1.93. The fraction of sp³-hybridized carbons (Fsp3) is 0.533. The van der Waals surface area contributed by atoms with Gasteiger partial charge in [0.05, 0.1) is 38.8 Å². The predicted octanol–water partition coefficient (Wildman–Crippen LogP) is -0.511. The highest BCUT2D eigenvalue weighted by Crippen LogP contribution is 2.23. The minimum absolute atomic E-state index is 0.00430. The van der Waals surface area contributed by atoms with Crippen molar-refractivity contribution in [3.63, 3.8) is 0 Å². The van der Waals surface area contributed by atoms with Gasteiger partial charge < -0.3 is 14.4 Å². The fourth-order valence-electron chi connectivity index (χ4n) is 2.94. The lowest BCUT2D eigenvalue weighted by Gasteiger charge is -2.29. The van der Waals surface area contributed by atoms with Crippen molar-refractivity contribution in [3.8, 4) is 11.5 Å². The van der Waals surface area contributed by atoms with E-state index in [0.29, 0.717) is 0 Å². The van der Waals surface area contributed by atoms with Crippen molar-refractivity contribution < 1.29 is 19.2 Å². The van der Waals surface area contributed by atoms with Crippen molar-refractivity contribution in [3.05, 3.63) is 23.8 Å². The monoisotopic (exact) mass is 294 g/mol. The fourth-order valence-corrected chi connectivity index (χ4v) is 2.94. The number of carbonyl (C=O) groups excluding carboxylic acids is 1. The van der Waals surface area contributed by atoms with E-state index in [-0.39, 0.29) is 11.8 Å². The van der Waals surface area contributed by atoms with Gasteiger partial charge in [-0.1, -0.05) is 0 Å². The van der Waals surface area contributed by atoms with Crippen LogP contribution < -0.4 is 25.6 Å². The molecule has 4 N–H and O–H groups in total. The molecule has 1 aromatic carbocycles. The van der Waals surface area contributed by atoms with E-state index in [2.05, 4.69) is 5.43 Å². The molecule has 0 bridgehead atoms. The Morgan fingerprint density at radius 3 is 2.90 bits per heavy atom. The van der Waals surface area contributed by atoms with Crippen LogP contribution in [0.5, 0.6) is 11.5 Å². The molecule has 1 fully saturated rings. The van der Waals surface area contributed by atoms with Gasteiger partial charge in [0.2, 0.25) is 5.91 Å². The number of hydrogen-bond acceptors (Lipinski definition) is 4. The lowest BCUT2D eigenvalue weighted by molar-refractivity contribution is -0.921. The molecule has 1 amide bonds. The molecular formula is C15H24N3O3+. The summed E-state index contributed by atoms with van der Waals surface area (Å²) in [5.41, 5.74) is 3.36. The summed E-state index contributed by atoms with van der Waals surface area (Å²) >= 11 is 0. The Kier molecular flexibility index (Phi) is 5.41. The van der Waals surface area contributed by atoms with E-state index in [4.69, 9.17) is 15.3 Å². The zero-order chi connectivity index (χ0) is 15.2. The van der Waals surface area contributed by atoms with E-state index in [9.17, 15) is 4.79 Å². The standard InChI is InChI=1S/C15H23N3O3/c1-20-13-5-6-14(21-2)12(8-13)10-18-7-3-4-11(9-18)15(19)17-16/h5-6,8,11H,3-4,7,9-10,16H2,1-2H3,(H,17,19)/p+1/t11-/m1/s1. The van der Waals surface area contributed by atoms with Gasteiger partial charge in [-0.3, -0.25) is 10.2 Å². The molecule has 1 aliphatic rings. The Balaban J connectivity index is 2.08. The van der Waals surface area contributed by atoms with E-state index < -0.39 is 0 Å². The summed E-state index contributed by atoms with van der Waals surface area (Å²) in [6.45, 7) is 2.66. The smallest absolute Gasteiger partial charge is 0.242 e. The van der Waals surface area contributed by atoms with Gasteiger partial charge in [0, 0.05) is 0 Å². The summed E-state index contributed by atoms with van der Waals surface area (Å²) in [4.78, 5) is 13.1. The summed E-state index contributed by atoms with van der Waals surface area (Å²) in [7, 11) is 3.32. The zero-order valence-corrected chi connectivity index (χ0v) is 12.6. The van der Waals surface area contributed by atoms with Crippen LogP contribution in [0.25, 0.3) is 0 Å². The number of amides is 1. The minimum Gasteiger partial charge on any atom is -0.497 e. The van der Waals surface area contributed by atoms with E-state index in [0.717, 1.165) is 49.5 Å². The Hall–Kier alpha value is -1.79. The molecule has 1 saturated heterocycles. The number of likely N-dealkylation sites (tertiary alicyclic amines) is 1. The lowest BCUT2D eigenvalue weighted by atomic mass is 9.97. The zero-order valence-electron chi connectivity index (χ0n) is 12.6. The van der Waals surface area contributed by atoms with Crippen LogP contribution in [0.4, 0.5) is 0 Å². The molecule has 1 aromatic rings. The first-order valence-electron chi connectivity index (χ1n) is 7.22. The Morgan fingerprint density at radius 2 is 2.24 bits per heavy atom. The first kappa shape index (κ1) is 15.6. The van der Waals surface area contributed by atoms with Crippen molar-refractivity contribution in [1.82, 2.24) is 5.43 Å². The van der Waals surface area contributed by atoms with Gasteiger partial charge in [-0.15, -0.1) is 0 Å². The molecule has 0 aliphatic carbocycles. The first-order valence-corrected chi connectivity index (χ1v) is 7.22. The van der Waals surface area contributed by atoms with E-state index in [1.54, 1.807) is 14.2 Å². The molecule has 2 atom stereocenters. The average Bonchev–Trinajstić information content (AvgIpc) is 2.54. The molecule has 0 radical (unpaired) electrons. The molecule has 0 aromatic heterocycles. The van der Waals surface area contributed by atoms with Crippen LogP contribution in [0.15, 0.2) is 18.2 Å². The average molecular weight is 294 g/mol. The quantitative estimate of drug-likeness (QED) is 0.388. The van der Waals surface area contributed by atoms with Gasteiger partial charge in [-0.25, -0.2) is 5.84 Å². The SMILES string of the molecule is COc1ccc(OC)c(C[NH+]2CCC[C@@H](C(=O)NN)C2)c1. The van der Waals surface area contributed by atoms with Gasteiger partial charge in [0.15, 0.2) is 0 Å². The molecule has 2 rings (SSSR count). The third kappa shape index (κ3) is 3.86. The maximum Gasteiger partial charge on any atom is 0.242 e. The van der Waals surface area contributed by atoms with E-state index >= 15 is 0 Å². The van der Waals surface area contributed by atoms with Gasteiger partial charge in [-0.2, -0.15) is 0 Å². The highest BCUT2D eigenvalue weighted by molar-refractivity contribution is 5.78. The normalized spacial score (nSPS) is 21.7. The highest BCUT2D eigenvalue weighted by Gasteiger charge is 2.28. The second-order valence-electron chi connectivity index (χ2n) is 5.41. The van der Waals surface area contributed by atoms with Gasteiger partial charge in [-0.05, 0) is 31.0 Å². The number of hydrogen-bond donors (Lipinski definition) is 3. The third-order valence-electron chi connectivity index (χ3n) is 4.06. The van der Waals surface area contributed by atoms with Crippen LogP contribution in [-0.2, 0) is 11.3 Å². The van der Waals surface area contributed by atoms with Crippen LogP contribution in [0, 0.1) is 5.92 Å². The number of benzene rings is 1. The maximum atomic E-state index is 11.7. The molecule has 21 heavy (non-hydrogen) atoms. The second kappa shape index (κ2) is 7.28. The topological polar surface area (TPSA) is 78.0 Å². The molecule has 6 heteroatoms. The van der Waals surface area contributed by atoms with Crippen LogP contribution >= 0.6 is 0 Å². The molecular weight excluding hydrogens is 270 g/mol. The van der Waals surface area contributed by atoms with Gasteiger partial charge in [0.25, 0.3) is 0 Å². The number of ether oxygens (including phenoxy) is 2. The van der Waals surface area contributed by atoms with E-state index in [1.807, 2.05) is 18.2 Å². The molecule has 1 aliphatic heterocycles. The van der Waals surface area contributed by atoms with Crippen LogP contribution in [-0.4, -0.2) is 33.2 Å². The molecule has 0 saturated carbocycles.